The van der Waals surface area contributed by atoms with Crippen LogP contribution in [0.3, 0.4) is 0 Å². The lowest BCUT2D eigenvalue weighted by Crippen LogP contribution is -2.68. The molecule has 1 nitrogen and oxygen atoms in total. The van der Waals surface area contributed by atoms with Gasteiger partial charge in [0.25, 0.3) is 6.29 Å². The van der Waals surface area contributed by atoms with Crippen LogP contribution < -0.4 is 0 Å². The number of carbonyl (C=O) groups excluding carboxylic acids is 1. The number of hydrogen-bond donors (Lipinski definition) is 0. The van der Waals surface area contributed by atoms with E-state index < -0.39 is 42.3 Å². The summed E-state index contributed by atoms with van der Waals surface area (Å²) in [5.74, 6) is -36.3. The summed E-state index contributed by atoms with van der Waals surface area (Å²) >= 11 is 0. The maximum absolute atomic E-state index is 12.5. The third-order valence-electron chi connectivity index (χ3n) is 2.00. The van der Waals surface area contributed by atoms with Gasteiger partial charge in [0, 0.05) is 0 Å². The molecule has 0 aliphatic carbocycles. The maximum atomic E-state index is 12.5. The summed E-state index contributed by atoms with van der Waals surface area (Å²) in [5.41, 5.74) is 0. The minimum Gasteiger partial charge on any atom is -0.283 e. The van der Waals surface area contributed by atoms with Gasteiger partial charge < -0.3 is 0 Å². The standard InChI is InChI=1S/C7HF12O/c8-2(9)4(12,13)6(16,17)7(18,19)5(14,15)3(10,11)1-20/h2H. The molecule has 0 bridgehead atoms. The van der Waals surface area contributed by atoms with E-state index in [1.807, 2.05) is 0 Å². The van der Waals surface area contributed by atoms with E-state index >= 15 is 0 Å². The van der Waals surface area contributed by atoms with Crippen LogP contribution in [0.1, 0.15) is 0 Å². The van der Waals surface area contributed by atoms with E-state index in [0.29, 0.717) is 0 Å². The highest BCUT2D eigenvalue weighted by Crippen LogP contribution is 2.57. The molecule has 0 aromatic rings. The number of halogens is 12. The highest BCUT2D eigenvalue weighted by Gasteiger charge is 2.88. The first kappa shape index (κ1) is 18.8. The smallest absolute Gasteiger partial charge is 0.283 e. The predicted octanol–water partition coefficient (Wildman–Crippen LogP) is 3.54. The molecule has 0 rings (SSSR count). The lowest BCUT2D eigenvalue weighted by Gasteiger charge is -2.37. The Hall–Kier alpha value is -1.17. The predicted molar refractivity (Wildman–Crippen MR) is 36.4 cm³/mol. The Bertz CT molecular complexity index is 372. The average Bonchev–Trinajstić information content (AvgIpc) is 2.27. The van der Waals surface area contributed by atoms with E-state index in [1.165, 1.54) is 0 Å². The number of rotatable bonds is 6. The molecule has 0 aliphatic heterocycles. The van der Waals surface area contributed by atoms with Crippen molar-refractivity contribution in [3.63, 3.8) is 0 Å². The van der Waals surface area contributed by atoms with Gasteiger partial charge in [-0.25, -0.2) is 8.78 Å². The molecular weight excluding hydrogens is 328 g/mol. The molecule has 13 heteroatoms. The van der Waals surface area contributed by atoms with Gasteiger partial charge in [-0.1, -0.05) is 0 Å². The van der Waals surface area contributed by atoms with Gasteiger partial charge in [-0.3, -0.25) is 4.79 Å². The van der Waals surface area contributed by atoms with Crippen LogP contribution in [0.2, 0.25) is 0 Å². The third kappa shape index (κ3) is 2.20. The average molecular weight is 329 g/mol. The Labute approximate surface area is 101 Å². The molecule has 0 saturated carbocycles. The molecule has 0 amide bonds. The normalized spacial score (nSPS) is 15.7. The van der Waals surface area contributed by atoms with Crippen LogP contribution in [0, 0.1) is 0 Å². The van der Waals surface area contributed by atoms with Crippen LogP contribution in [-0.4, -0.2) is 42.3 Å². The van der Waals surface area contributed by atoms with Crippen molar-refractivity contribution in [2.24, 2.45) is 0 Å². The molecule has 1 radical (unpaired) electrons. The molecule has 0 N–H and O–H groups in total. The monoisotopic (exact) mass is 329 g/mol. The van der Waals surface area contributed by atoms with Gasteiger partial charge >= 0.3 is 36.0 Å². The lowest BCUT2D eigenvalue weighted by atomic mass is 9.95. The van der Waals surface area contributed by atoms with Crippen molar-refractivity contribution in [1.29, 1.82) is 0 Å². The van der Waals surface area contributed by atoms with Gasteiger partial charge in [-0.05, 0) is 0 Å². The summed E-state index contributed by atoms with van der Waals surface area (Å²) in [6.07, 6.45) is -6.60. The SMILES string of the molecule is O=[C]C(F)(F)C(F)(F)C(F)(F)C(F)(F)C(F)(F)C(F)F. The van der Waals surface area contributed by atoms with Crippen LogP contribution in [0.15, 0.2) is 0 Å². The minimum atomic E-state index is -7.67. The molecule has 0 atom stereocenters. The summed E-state index contributed by atoms with van der Waals surface area (Å²) in [5, 5.41) is 0. The highest BCUT2D eigenvalue weighted by atomic mass is 19.4. The Morgan fingerprint density at radius 1 is 0.650 bits per heavy atom. The summed E-state index contributed by atoms with van der Waals surface area (Å²) in [7, 11) is 0. The van der Waals surface area contributed by atoms with E-state index in [0.717, 1.165) is 0 Å². The molecule has 0 aromatic heterocycles. The fourth-order valence-corrected chi connectivity index (χ4v) is 0.805. The second kappa shape index (κ2) is 4.69. The van der Waals surface area contributed by atoms with Crippen LogP contribution in [-0.2, 0) is 4.79 Å². The maximum Gasteiger partial charge on any atom is 0.386 e. The molecule has 0 heterocycles. The molecule has 0 spiro atoms. The zero-order valence-corrected chi connectivity index (χ0v) is 8.52. The zero-order valence-electron chi connectivity index (χ0n) is 8.52. The van der Waals surface area contributed by atoms with Gasteiger partial charge in [-0.2, -0.15) is 43.9 Å². The fraction of sp³-hybridized carbons (Fsp3) is 0.857. The molecule has 0 saturated heterocycles. The molecule has 20 heavy (non-hydrogen) atoms. The Balaban J connectivity index is 6.04. The molecule has 0 fully saturated rings. The molecule has 0 aliphatic rings. The Morgan fingerprint density at radius 2 is 1.00 bits per heavy atom. The van der Waals surface area contributed by atoms with Gasteiger partial charge in [0.15, 0.2) is 0 Å². The molecule has 119 valence electrons. The Morgan fingerprint density at radius 3 is 1.25 bits per heavy atom. The van der Waals surface area contributed by atoms with Crippen molar-refractivity contribution < 1.29 is 57.5 Å². The summed E-state index contributed by atoms with van der Waals surface area (Å²) in [4.78, 5) is 9.36. The second-order valence-corrected chi connectivity index (χ2v) is 3.32. The van der Waals surface area contributed by atoms with E-state index in [1.54, 1.807) is 0 Å². The van der Waals surface area contributed by atoms with Crippen LogP contribution in [0.25, 0.3) is 0 Å². The molecule has 0 unspecified atom stereocenters. The number of alkyl halides is 12. The van der Waals surface area contributed by atoms with Crippen molar-refractivity contribution in [1.82, 2.24) is 0 Å². The van der Waals surface area contributed by atoms with E-state index in [-0.39, 0.29) is 0 Å². The van der Waals surface area contributed by atoms with E-state index in [2.05, 4.69) is 0 Å². The van der Waals surface area contributed by atoms with Gasteiger partial charge in [0.2, 0.25) is 0 Å². The highest BCUT2D eigenvalue weighted by molar-refractivity contribution is 5.63. The second-order valence-electron chi connectivity index (χ2n) is 3.32. The first-order valence-corrected chi connectivity index (χ1v) is 4.07. The van der Waals surface area contributed by atoms with Crippen LogP contribution >= 0.6 is 0 Å². The van der Waals surface area contributed by atoms with Gasteiger partial charge in [-0.15, -0.1) is 0 Å². The zero-order chi connectivity index (χ0) is 16.8. The minimum absolute atomic E-state index is 1.04. The molecular formula is C7HF12O. The molecule has 0 aromatic carbocycles. The summed E-state index contributed by atoms with van der Waals surface area (Å²) < 4.78 is 147. The summed E-state index contributed by atoms with van der Waals surface area (Å²) in [6.45, 7) is 0. The van der Waals surface area contributed by atoms with Crippen molar-refractivity contribution in [2.45, 2.75) is 36.0 Å². The van der Waals surface area contributed by atoms with Crippen LogP contribution in [0.5, 0.6) is 0 Å². The van der Waals surface area contributed by atoms with Crippen molar-refractivity contribution in [2.75, 3.05) is 0 Å². The van der Waals surface area contributed by atoms with E-state index in [9.17, 15) is 57.5 Å². The lowest BCUT2D eigenvalue weighted by molar-refractivity contribution is -0.404. The van der Waals surface area contributed by atoms with Gasteiger partial charge in [0.05, 0.1) is 0 Å². The first-order chi connectivity index (χ1) is 8.50. The van der Waals surface area contributed by atoms with Crippen molar-refractivity contribution >= 4 is 6.29 Å². The van der Waals surface area contributed by atoms with Crippen LogP contribution in [0.4, 0.5) is 52.7 Å². The Kier molecular flexibility index (Phi) is 4.41. The summed E-state index contributed by atoms with van der Waals surface area (Å²) in [6, 6.07) is 0. The van der Waals surface area contributed by atoms with E-state index in [4.69, 9.17) is 0 Å². The fourth-order valence-electron chi connectivity index (χ4n) is 0.805. The number of hydrogen-bond acceptors (Lipinski definition) is 1. The quantitative estimate of drug-likeness (QED) is 0.682. The largest absolute Gasteiger partial charge is 0.386 e. The third-order valence-corrected chi connectivity index (χ3v) is 2.00. The topological polar surface area (TPSA) is 17.1 Å². The first-order valence-electron chi connectivity index (χ1n) is 4.07. The van der Waals surface area contributed by atoms with Crippen molar-refractivity contribution in [3.05, 3.63) is 0 Å². The van der Waals surface area contributed by atoms with Gasteiger partial charge in [0.1, 0.15) is 0 Å². The van der Waals surface area contributed by atoms with Crippen molar-refractivity contribution in [3.8, 4) is 0 Å².